The third-order valence-electron chi connectivity index (χ3n) is 3.65. The van der Waals surface area contributed by atoms with Crippen molar-refractivity contribution in [3.05, 3.63) is 36.4 Å². The fourth-order valence-electron chi connectivity index (χ4n) is 2.84. The summed E-state index contributed by atoms with van der Waals surface area (Å²) in [5.74, 6) is 0.281. The molecule has 2 unspecified atom stereocenters. The third kappa shape index (κ3) is 1.34. The zero-order valence-electron chi connectivity index (χ0n) is 9.32. The molecule has 0 bridgehead atoms. The monoisotopic (exact) mass is 212 g/mol. The highest BCUT2D eigenvalue weighted by Crippen LogP contribution is 2.41. The van der Waals surface area contributed by atoms with E-state index in [1.807, 2.05) is 12.1 Å². The van der Waals surface area contributed by atoms with Crippen LogP contribution in [0.5, 0.6) is 0 Å². The number of nitrogens with zero attached hydrogens (tertiary/aromatic N) is 1. The summed E-state index contributed by atoms with van der Waals surface area (Å²) < 4.78 is 0. The lowest BCUT2D eigenvalue weighted by atomic mass is 9.75. The van der Waals surface area contributed by atoms with Gasteiger partial charge in [0.1, 0.15) is 0 Å². The minimum Gasteiger partial charge on any atom is -0.327 e. The molecule has 0 saturated heterocycles. The largest absolute Gasteiger partial charge is 0.327 e. The Kier molecular flexibility index (Phi) is 2.18. The highest BCUT2D eigenvalue weighted by atomic mass is 14.8. The molecule has 0 aromatic heterocycles. The Balaban J connectivity index is 2.13. The lowest BCUT2D eigenvalue weighted by Gasteiger charge is -2.35. The molecule has 0 spiro atoms. The van der Waals surface area contributed by atoms with Gasteiger partial charge in [0.15, 0.2) is 0 Å². The first-order valence-corrected chi connectivity index (χ1v) is 5.88. The Morgan fingerprint density at radius 1 is 1.31 bits per heavy atom. The fourth-order valence-corrected chi connectivity index (χ4v) is 2.84. The second kappa shape index (κ2) is 3.56. The van der Waals surface area contributed by atoms with Crippen LogP contribution < -0.4 is 5.73 Å². The number of hydrogen-bond acceptors (Lipinski definition) is 2. The van der Waals surface area contributed by atoms with Gasteiger partial charge < -0.3 is 5.73 Å². The maximum absolute atomic E-state index is 6.20. The van der Waals surface area contributed by atoms with Crippen molar-refractivity contribution in [1.29, 1.82) is 0 Å². The molecule has 1 aliphatic carbocycles. The van der Waals surface area contributed by atoms with Crippen molar-refractivity contribution in [3.63, 3.8) is 0 Å². The average Bonchev–Trinajstić information content (AvgIpc) is 2.29. The van der Waals surface area contributed by atoms with E-state index in [2.05, 4.69) is 18.7 Å². The Bertz CT molecular complexity index is 473. The van der Waals surface area contributed by atoms with E-state index in [4.69, 9.17) is 10.7 Å². The zero-order chi connectivity index (χ0) is 11.1. The van der Waals surface area contributed by atoms with Crippen LogP contribution in [0.25, 0.3) is 5.57 Å². The SMILES string of the molecule is C=C1c2ccccc2N=C2CCCC(N)C12. The van der Waals surface area contributed by atoms with E-state index < -0.39 is 0 Å². The van der Waals surface area contributed by atoms with Crippen LogP contribution in [0.2, 0.25) is 0 Å². The summed E-state index contributed by atoms with van der Waals surface area (Å²) in [5, 5.41) is 0. The first kappa shape index (κ1) is 9.79. The number of aliphatic imine (C=N–C) groups is 1. The summed E-state index contributed by atoms with van der Waals surface area (Å²) in [6.07, 6.45) is 3.32. The van der Waals surface area contributed by atoms with Crippen LogP contribution in [-0.2, 0) is 0 Å². The van der Waals surface area contributed by atoms with Crippen LogP contribution in [0.3, 0.4) is 0 Å². The van der Waals surface area contributed by atoms with E-state index in [9.17, 15) is 0 Å². The molecule has 1 fully saturated rings. The van der Waals surface area contributed by atoms with Gasteiger partial charge in [0.2, 0.25) is 0 Å². The van der Waals surface area contributed by atoms with Crippen LogP contribution in [0.4, 0.5) is 5.69 Å². The number of para-hydroxylation sites is 1. The zero-order valence-corrected chi connectivity index (χ0v) is 9.32. The molecule has 82 valence electrons. The number of hydrogen-bond donors (Lipinski definition) is 1. The second-order valence-corrected chi connectivity index (χ2v) is 4.68. The molecule has 2 N–H and O–H groups in total. The van der Waals surface area contributed by atoms with Crippen LogP contribution >= 0.6 is 0 Å². The summed E-state index contributed by atoms with van der Waals surface area (Å²) >= 11 is 0. The highest BCUT2D eigenvalue weighted by Gasteiger charge is 2.33. The quantitative estimate of drug-likeness (QED) is 0.705. The Hall–Kier alpha value is -1.41. The second-order valence-electron chi connectivity index (χ2n) is 4.68. The molecule has 2 nitrogen and oxygen atoms in total. The molecule has 2 aliphatic rings. The van der Waals surface area contributed by atoms with E-state index in [-0.39, 0.29) is 12.0 Å². The van der Waals surface area contributed by atoms with Gasteiger partial charge in [0.25, 0.3) is 0 Å². The Morgan fingerprint density at radius 2 is 2.12 bits per heavy atom. The van der Waals surface area contributed by atoms with Gasteiger partial charge in [-0.1, -0.05) is 24.8 Å². The van der Waals surface area contributed by atoms with Gasteiger partial charge in [-0.3, -0.25) is 4.99 Å². The lowest BCUT2D eigenvalue weighted by molar-refractivity contribution is 0.510. The molecule has 0 amide bonds. The maximum atomic E-state index is 6.20. The topological polar surface area (TPSA) is 38.4 Å². The summed E-state index contributed by atoms with van der Waals surface area (Å²) in [5.41, 5.74) is 10.8. The van der Waals surface area contributed by atoms with Gasteiger partial charge in [-0.05, 0) is 30.9 Å². The minimum absolute atomic E-state index is 0.202. The summed E-state index contributed by atoms with van der Waals surface area (Å²) in [6.45, 7) is 4.23. The van der Waals surface area contributed by atoms with E-state index in [1.54, 1.807) is 0 Å². The molecule has 3 rings (SSSR count). The standard InChI is InChI=1S/C14H16N2/c1-9-10-5-2-3-7-12(10)16-13-8-4-6-11(15)14(9)13/h2-3,5,7,11,14H,1,4,6,8,15H2. The molecular weight excluding hydrogens is 196 g/mol. The van der Waals surface area contributed by atoms with Crippen LogP contribution in [0.15, 0.2) is 35.8 Å². The predicted molar refractivity (Wildman–Crippen MR) is 67.9 cm³/mol. The van der Waals surface area contributed by atoms with Crippen molar-refractivity contribution in [3.8, 4) is 0 Å². The van der Waals surface area contributed by atoms with E-state index in [0.717, 1.165) is 30.5 Å². The number of fused-ring (bicyclic) bond motifs is 2. The van der Waals surface area contributed by atoms with Crippen LogP contribution in [0, 0.1) is 5.92 Å². The van der Waals surface area contributed by atoms with Crippen molar-refractivity contribution in [2.24, 2.45) is 16.6 Å². The summed E-state index contributed by atoms with van der Waals surface area (Å²) in [6, 6.07) is 8.43. The van der Waals surface area contributed by atoms with Crippen molar-refractivity contribution in [2.45, 2.75) is 25.3 Å². The summed E-state index contributed by atoms with van der Waals surface area (Å²) in [4.78, 5) is 4.74. The van der Waals surface area contributed by atoms with Gasteiger partial charge in [0.05, 0.1) is 5.69 Å². The number of benzene rings is 1. The van der Waals surface area contributed by atoms with Gasteiger partial charge in [-0.25, -0.2) is 0 Å². The average molecular weight is 212 g/mol. The molecule has 1 heterocycles. The van der Waals surface area contributed by atoms with E-state index in [1.165, 1.54) is 11.3 Å². The maximum Gasteiger partial charge on any atom is 0.0704 e. The Labute approximate surface area is 95.9 Å². The van der Waals surface area contributed by atoms with Gasteiger partial charge >= 0.3 is 0 Å². The van der Waals surface area contributed by atoms with Crippen molar-refractivity contribution in [2.75, 3.05) is 0 Å². The highest BCUT2D eigenvalue weighted by molar-refractivity contribution is 6.04. The molecule has 2 atom stereocenters. The van der Waals surface area contributed by atoms with E-state index >= 15 is 0 Å². The van der Waals surface area contributed by atoms with Crippen molar-refractivity contribution in [1.82, 2.24) is 0 Å². The number of rotatable bonds is 0. The first-order chi connectivity index (χ1) is 7.77. The van der Waals surface area contributed by atoms with Crippen LogP contribution in [-0.4, -0.2) is 11.8 Å². The molecule has 1 aliphatic heterocycles. The molecule has 1 saturated carbocycles. The molecule has 1 aromatic rings. The van der Waals surface area contributed by atoms with Gasteiger partial charge in [-0.15, -0.1) is 0 Å². The molecule has 0 radical (unpaired) electrons. The number of nitrogens with two attached hydrogens (primary N) is 1. The van der Waals surface area contributed by atoms with Gasteiger partial charge in [-0.2, -0.15) is 0 Å². The third-order valence-corrected chi connectivity index (χ3v) is 3.65. The molecule has 16 heavy (non-hydrogen) atoms. The molecular formula is C14H16N2. The lowest BCUT2D eigenvalue weighted by Crippen LogP contribution is -2.40. The Morgan fingerprint density at radius 3 is 3.00 bits per heavy atom. The summed E-state index contributed by atoms with van der Waals surface area (Å²) in [7, 11) is 0. The predicted octanol–water partition coefficient (Wildman–Crippen LogP) is 2.91. The first-order valence-electron chi connectivity index (χ1n) is 5.88. The smallest absolute Gasteiger partial charge is 0.0704 e. The van der Waals surface area contributed by atoms with Crippen LogP contribution in [0.1, 0.15) is 24.8 Å². The van der Waals surface area contributed by atoms with E-state index in [0.29, 0.717) is 0 Å². The fraction of sp³-hybridized carbons (Fsp3) is 0.357. The normalized spacial score (nSPS) is 28.1. The molecule has 1 aromatic carbocycles. The minimum atomic E-state index is 0.202. The van der Waals surface area contributed by atoms with Crippen molar-refractivity contribution >= 4 is 17.0 Å². The molecule has 2 heteroatoms. The van der Waals surface area contributed by atoms with Gasteiger partial charge in [0, 0.05) is 23.2 Å². The van der Waals surface area contributed by atoms with Crippen molar-refractivity contribution < 1.29 is 0 Å².